The molecule has 0 atom stereocenters. The molecule has 0 spiro atoms. The largest absolute Gasteiger partial charge is 0.481 e. The molecule has 0 fully saturated rings. The van der Waals surface area contributed by atoms with Gasteiger partial charge in [0.2, 0.25) is 0 Å². The number of aromatic nitrogens is 1. The first-order chi connectivity index (χ1) is 7.41. The first kappa shape index (κ1) is 12.5. The topological polar surface area (TPSA) is 59.3 Å². The smallest absolute Gasteiger partial charge is 0.308 e. The second-order valence-corrected chi connectivity index (χ2v) is 4.38. The third-order valence-electron chi connectivity index (χ3n) is 2.36. The minimum atomic E-state index is -0.975. The lowest BCUT2D eigenvalue weighted by Gasteiger charge is -2.13. The number of carboxylic acids is 1. The molecule has 0 aliphatic rings. The predicted octanol–water partition coefficient (Wildman–Crippen LogP) is 1.44. The van der Waals surface area contributed by atoms with E-state index in [-0.39, 0.29) is 12.0 Å². The number of aliphatic carboxylic acids is 1. The minimum Gasteiger partial charge on any atom is -0.481 e. The van der Waals surface area contributed by atoms with Crippen molar-refractivity contribution >= 4 is 5.97 Å². The van der Waals surface area contributed by atoms with Crippen LogP contribution in [0.5, 0.6) is 0 Å². The second kappa shape index (κ2) is 4.96. The predicted molar refractivity (Wildman–Crippen MR) is 61.6 cm³/mol. The van der Waals surface area contributed by atoms with E-state index in [1.807, 2.05) is 20.8 Å². The number of hydrogen-bond donors (Lipinski definition) is 1. The van der Waals surface area contributed by atoms with Crippen molar-refractivity contribution in [3.05, 3.63) is 33.7 Å². The molecule has 0 unspecified atom stereocenters. The summed E-state index contributed by atoms with van der Waals surface area (Å²) in [4.78, 5) is 22.6. The molecule has 1 rings (SSSR count). The fourth-order valence-electron chi connectivity index (χ4n) is 1.61. The number of hydrogen-bond acceptors (Lipinski definition) is 2. The van der Waals surface area contributed by atoms with Crippen LogP contribution in [-0.2, 0) is 17.8 Å². The van der Waals surface area contributed by atoms with Crippen LogP contribution < -0.4 is 5.56 Å². The number of aryl methyl sites for hydroxylation is 1. The second-order valence-electron chi connectivity index (χ2n) is 4.38. The van der Waals surface area contributed by atoms with Crippen LogP contribution in [0, 0.1) is 12.8 Å². The number of carbonyl (C=O) groups is 1. The molecule has 4 heteroatoms. The van der Waals surface area contributed by atoms with Gasteiger partial charge in [0.1, 0.15) is 0 Å². The van der Waals surface area contributed by atoms with Gasteiger partial charge in [0, 0.05) is 17.8 Å². The van der Waals surface area contributed by atoms with Gasteiger partial charge in [-0.1, -0.05) is 19.9 Å². The summed E-state index contributed by atoms with van der Waals surface area (Å²) in [7, 11) is 0. The maximum Gasteiger partial charge on any atom is 0.308 e. The number of rotatable bonds is 4. The monoisotopic (exact) mass is 223 g/mol. The highest BCUT2D eigenvalue weighted by atomic mass is 16.4. The van der Waals surface area contributed by atoms with Gasteiger partial charge in [-0.15, -0.1) is 0 Å². The SMILES string of the molecule is Cc1ccc(CC(=O)O)c(=O)n1CC(C)C. The van der Waals surface area contributed by atoms with E-state index in [0.717, 1.165) is 5.69 Å². The van der Waals surface area contributed by atoms with Crippen LogP contribution in [0.4, 0.5) is 0 Å². The maximum absolute atomic E-state index is 12.0. The van der Waals surface area contributed by atoms with E-state index in [0.29, 0.717) is 18.0 Å². The zero-order valence-corrected chi connectivity index (χ0v) is 9.86. The molecule has 1 heterocycles. The molecule has 4 nitrogen and oxygen atoms in total. The zero-order chi connectivity index (χ0) is 12.3. The summed E-state index contributed by atoms with van der Waals surface area (Å²) < 4.78 is 1.64. The summed E-state index contributed by atoms with van der Waals surface area (Å²) >= 11 is 0. The molecular formula is C12H17NO3. The van der Waals surface area contributed by atoms with Crippen molar-refractivity contribution in [1.29, 1.82) is 0 Å². The van der Waals surface area contributed by atoms with Gasteiger partial charge in [-0.2, -0.15) is 0 Å². The maximum atomic E-state index is 12.0. The van der Waals surface area contributed by atoms with Gasteiger partial charge in [0.15, 0.2) is 0 Å². The summed E-state index contributed by atoms with van der Waals surface area (Å²) in [5.41, 5.74) is 1.03. The minimum absolute atomic E-state index is 0.184. The lowest BCUT2D eigenvalue weighted by Crippen LogP contribution is -2.28. The lowest BCUT2D eigenvalue weighted by atomic mass is 10.1. The molecule has 0 radical (unpaired) electrons. The molecular weight excluding hydrogens is 206 g/mol. The third-order valence-corrected chi connectivity index (χ3v) is 2.36. The zero-order valence-electron chi connectivity index (χ0n) is 9.86. The third kappa shape index (κ3) is 2.95. The molecule has 16 heavy (non-hydrogen) atoms. The van der Waals surface area contributed by atoms with Gasteiger partial charge >= 0.3 is 5.97 Å². The van der Waals surface area contributed by atoms with Gasteiger partial charge in [0.25, 0.3) is 5.56 Å². The van der Waals surface area contributed by atoms with Crippen LogP contribution in [0.2, 0.25) is 0 Å². The number of pyridine rings is 1. The number of nitrogens with zero attached hydrogens (tertiary/aromatic N) is 1. The molecule has 1 aromatic rings. The summed E-state index contributed by atoms with van der Waals surface area (Å²) in [5, 5.41) is 8.69. The first-order valence-corrected chi connectivity index (χ1v) is 5.33. The molecule has 0 saturated heterocycles. The molecule has 0 aliphatic carbocycles. The molecule has 0 aromatic carbocycles. The van der Waals surface area contributed by atoms with E-state index in [1.54, 1.807) is 16.7 Å². The van der Waals surface area contributed by atoms with Crippen LogP contribution in [0.25, 0.3) is 0 Å². The van der Waals surface area contributed by atoms with E-state index >= 15 is 0 Å². The molecule has 0 bridgehead atoms. The average Bonchev–Trinajstić information content (AvgIpc) is 2.16. The molecule has 0 aliphatic heterocycles. The molecule has 0 saturated carbocycles. The summed E-state index contributed by atoms with van der Waals surface area (Å²) in [5.74, 6) is -0.617. The Morgan fingerprint density at radius 2 is 2.06 bits per heavy atom. The Morgan fingerprint density at radius 1 is 1.44 bits per heavy atom. The highest BCUT2D eigenvalue weighted by Gasteiger charge is 2.10. The van der Waals surface area contributed by atoms with E-state index in [9.17, 15) is 9.59 Å². The summed E-state index contributed by atoms with van der Waals surface area (Å²) in [6.07, 6.45) is -0.211. The summed E-state index contributed by atoms with van der Waals surface area (Å²) in [6.45, 7) is 6.53. The van der Waals surface area contributed by atoms with Gasteiger partial charge in [0.05, 0.1) is 6.42 Å². The fourth-order valence-corrected chi connectivity index (χ4v) is 1.61. The van der Waals surface area contributed by atoms with Crippen LogP contribution in [0.15, 0.2) is 16.9 Å². The molecule has 0 amide bonds. The van der Waals surface area contributed by atoms with Gasteiger partial charge in [-0.05, 0) is 18.9 Å². The van der Waals surface area contributed by atoms with Crippen LogP contribution in [0.3, 0.4) is 0 Å². The van der Waals surface area contributed by atoms with Crippen molar-refractivity contribution in [2.24, 2.45) is 5.92 Å². The van der Waals surface area contributed by atoms with Gasteiger partial charge in [-0.25, -0.2) is 0 Å². The van der Waals surface area contributed by atoms with Crippen molar-refractivity contribution in [1.82, 2.24) is 4.57 Å². The Labute approximate surface area is 94.5 Å². The molecule has 1 aromatic heterocycles. The van der Waals surface area contributed by atoms with Crippen molar-refractivity contribution < 1.29 is 9.90 Å². The summed E-state index contributed by atoms with van der Waals surface area (Å²) in [6, 6.07) is 3.39. The Hall–Kier alpha value is -1.58. The van der Waals surface area contributed by atoms with Crippen LogP contribution >= 0.6 is 0 Å². The average molecular weight is 223 g/mol. The normalized spacial score (nSPS) is 10.8. The van der Waals surface area contributed by atoms with E-state index < -0.39 is 5.97 Å². The fraction of sp³-hybridized carbons (Fsp3) is 0.500. The van der Waals surface area contributed by atoms with Crippen LogP contribution in [-0.4, -0.2) is 15.6 Å². The quantitative estimate of drug-likeness (QED) is 0.840. The van der Waals surface area contributed by atoms with E-state index in [2.05, 4.69) is 0 Å². The highest BCUT2D eigenvalue weighted by molar-refractivity contribution is 5.69. The Kier molecular flexibility index (Phi) is 3.88. The standard InChI is InChI=1S/C12H17NO3/c1-8(2)7-13-9(3)4-5-10(12(13)16)6-11(14)15/h4-5,8H,6-7H2,1-3H3,(H,14,15). The highest BCUT2D eigenvalue weighted by Crippen LogP contribution is 2.03. The van der Waals surface area contributed by atoms with Crippen molar-refractivity contribution in [2.75, 3.05) is 0 Å². The van der Waals surface area contributed by atoms with E-state index in [4.69, 9.17) is 5.11 Å². The molecule has 1 N–H and O–H groups in total. The number of carboxylic acid groups (broad SMARTS) is 1. The van der Waals surface area contributed by atoms with Crippen molar-refractivity contribution in [3.8, 4) is 0 Å². The Balaban J connectivity index is 3.16. The first-order valence-electron chi connectivity index (χ1n) is 5.33. The van der Waals surface area contributed by atoms with E-state index in [1.165, 1.54) is 0 Å². The van der Waals surface area contributed by atoms with Gasteiger partial charge in [-0.3, -0.25) is 9.59 Å². The molecule has 88 valence electrons. The van der Waals surface area contributed by atoms with Crippen LogP contribution in [0.1, 0.15) is 25.1 Å². The van der Waals surface area contributed by atoms with Crippen molar-refractivity contribution in [2.45, 2.75) is 33.7 Å². The van der Waals surface area contributed by atoms with Gasteiger partial charge < -0.3 is 9.67 Å². The van der Waals surface area contributed by atoms with Crippen molar-refractivity contribution in [3.63, 3.8) is 0 Å². The lowest BCUT2D eigenvalue weighted by molar-refractivity contribution is -0.136. The Bertz CT molecular complexity index is 446. The Morgan fingerprint density at radius 3 is 2.56 bits per heavy atom.